The molecule has 2 aromatic rings. The van der Waals surface area contributed by atoms with Crippen molar-refractivity contribution in [3.63, 3.8) is 0 Å². The van der Waals surface area contributed by atoms with E-state index in [1.807, 2.05) is 25.1 Å². The fourth-order valence-corrected chi connectivity index (χ4v) is 4.29. The number of hydrogen-bond acceptors (Lipinski definition) is 7. The number of halogens is 1. The molecule has 32 heavy (non-hydrogen) atoms. The number of ether oxygens (including phenoxy) is 2. The molecule has 9 nitrogen and oxygen atoms in total. The zero-order valence-corrected chi connectivity index (χ0v) is 19.3. The molecule has 0 aliphatic carbocycles. The highest BCUT2D eigenvalue weighted by Crippen LogP contribution is 2.25. The molecule has 0 unspecified atom stereocenters. The van der Waals surface area contributed by atoms with Gasteiger partial charge < -0.3 is 30.7 Å². The predicted octanol–water partition coefficient (Wildman–Crippen LogP) is 2.77. The van der Waals surface area contributed by atoms with Crippen LogP contribution < -0.4 is 21.3 Å². The van der Waals surface area contributed by atoms with Crippen molar-refractivity contribution in [2.24, 2.45) is 5.73 Å². The molecule has 1 aromatic carbocycles. The van der Waals surface area contributed by atoms with Gasteiger partial charge in [-0.1, -0.05) is 11.6 Å². The third kappa shape index (κ3) is 6.12. The SMILES string of the molecule is Cc1cc(NC[C@@H](NC(=O)c2ccc(Cl)s2)[C@@H](C)OC(N)=O)ccc1N1CCOCC1=O. The van der Waals surface area contributed by atoms with Crippen LogP contribution in [0.25, 0.3) is 0 Å². The van der Waals surface area contributed by atoms with Crippen LogP contribution in [-0.2, 0) is 14.3 Å². The van der Waals surface area contributed by atoms with Gasteiger partial charge in [-0.15, -0.1) is 11.3 Å². The van der Waals surface area contributed by atoms with Crippen molar-refractivity contribution in [2.75, 3.05) is 36.5 Å². The zero-order valence-electron chi connectivity index (χ0n) is 17.7. The molecule has 1 aliphatic rings. The number of carbonyl (C=O) groups excluding carboxylic acids is 3. The van der Waals surface area contributed by atoms with E-state index in [-0.39, 0.29) is 25.0 Å². The van der Waals surface area contributed by atoms with Gasteiger partial charge in [0.2, 0.25) is 0 Å². The molecule has 0 radical (unpaired) electrons. The number of morpholine rings is 1. The summed E-state index contributed by atoms with van der Waals surface area (Å²) in [4.78, 5) is 38.1. The van der Waals surface area contributed by atoms with Gasteiger partial charge >= 0.3 is 6.09 Å². The van der Waals surface area contributed by atoms with Crippen LogP contribution in [0, 0.1) is 6.92 Å². The van der Waals surface area contributed by atoms with Gasteiger partial charge in [-0.25, -0.2) is 4.79 Å². The summed E-state index contributed by atoms with van der Waals surface area (Å²) in [7, 11) is 0. The van der Waals surface area contributed by atoms with Crippen LogP contribution in [0.2, 0.25) is 4.34 Å². The van der Waals surface area contributed by atoms with Gasteiger partial charge in [0.1, 0.15) is 12.7 Å². The predicted molar refractivity (Wildman–Crippen MR) is 124 cm³/mol. The number of thiophene rings is 1. The smallest absolute Gasteiger partial charge is 0.404 e. The zero-order chi connectivity index (χ0) is 23.3. The van der Waals surface area contributed by atoms with Crippen LogP contribution in [-0.4, -0.2) is 56.4 Å². The Hall–Kier alpha value is -2.82. The van der Waals surface area contributed by atoms with Gasteiger partial charge in [-0.3, -0.25) is 9.59 Å². The summed E-state index contributed by atoms with van der Waals surface area (Å²) in [5, 5.41) is 6.10. The van der Waals surface area contributed by atoms with Crippen LogP contribution >= 0.6 is 22.9 Å². The highest BCUT2D eigenvalue weighted by atomic mass is 35.5. The second-order valence-electron chi connectivity index (χ2n) is 7.31. The molecule has 0 saturated carbocycles. The lowest BCUT2D eigenvalue weighted by atomic mass is 10.1. The summed E-state index contributed by atoms with van der Waals surface area (Å²) in [6.07, 6.45) is -1.60. The average Bonchev–Trinajstić information content (AvgIpc) is 3.17. The number of amides is 3. The van der Waals surface area contributed by atoms with Crippen molar-refractivity contribution in [3.8, 4) is 0 Å². The Morgan fingerprint density at radius 1 is 1.34 bits per heavy atom. The molecule has 1 aliphatic heterocycles. The quantitative estimate of drug-likeness (QED) is 0.534. The maximum Gasteiger partial charge on any atom is 0.404 e. The average molecular weight is 481 g/mol. The fourth-order valence-electron chi connectivity index (χ4n) is 3.34. The third-order valence-electron chi connectivity index (χ3n) is 4.98. The topological polar surface area (TPSA) is 123 Å². The first-order valence-corrected chi connectivity index (χ1v) is 11.2. The molecular formula is C21H25ClN4O5S. The molecule has 172 valence electrons. The number of rotatable bonds is 8. The molecule has 3 amide bonds. The van der Waals surface area contributed by atoms with E-state index in [0.717, 1.165) is 28.3 Å². The summed E-state index contributed by atoms with van der Waals surface area (Å²) in [6, 6.07) is 8.34. The molecule has 0 spiro atoms. The van der Waals surface area contributed by atoms with Crippen LogP contribution in [0.5, 0.6) is 0 Å². The van der Waals surface area contributed by atoms with Gasteiger partial charge in [0.05, 0.1) is 21.9 Å². The minimum Gasteiger partial charge on any atom is -0.444 e. The Balaban J connectivity index is 1.69. The summed E-state index contributed by atoms with van der Waals surface area (Å²) in [6.45, 7) is 4.93. The summed E-state index contributed by atoms with van der Waals surface area (Å²) < 4.78 is 10.8. The van der Waals surface area contributed by atoms with E-state index >= 15 is 0 Å². The van der Waals surface area contributed by atoms with Crippen LogP contribution in [0.3, 0.4) is 0 Å². The minimum atomic E-state index is -0.925. The Labute approximate surface area is 194 Å². The van der Waals surface area contributed by atoms with E-state index in [1.165, 1.54) is 0 Å². The Morgan fingerprint density at radius 3 is 2.75 bits per heavy atom. The molecular weight excluding hydrogens is 456 g/mol. The number of benzene rings is 1. The van der Waals surface area contributed by atoms with E-state index < -0.39 is 18.2 Å². The van der Waals surface area contributed by atoms with Crippen molar-refractivity contribution < 1.29 is 23.9 Å². The number of carbonyl (C=O) groups is 3. The van der Waals surface area contributed by atoms with Gasteiger partial charge in [0, 0.05) is 24.5 Å². The second-order valence-corrected chi connectivity index (χ2v) is 9.02. The number of anilines is 2. The first-order chi connectivity index (χ1) is 15.2. The lowest BCUT2D eigenvalue weighted by Crippen LogP contribution is -2.48. The summed E-state index contributed by atoms with van der Waals surface area (Å²) in [5.74, 6) is -0.403. The van der Waals surface area contributed by atoms with Crippen LogP contribution in [0.15, 0.2) is 30.3 Å². The number of hydrogen-bond donors (Lipinski definition) is 3. The van der Waals surface area contributed by atoms with Gasteiger partial charge in [0.25, 0.3) is 11.8 Å². The highest BCUT2D eigenvalue weighted by molar-refractivity contribution is 7.18. The fraction of sp³-hybridized carbons (Fsp3) is 0.381. The van der Waals surface area contributed by atoms with Crippen molar-refractivity contribution in [1.29, 1.82) is 0 Å². The molecule has 0 bridgehead atoms. The molecule has 3 rings (SSSR count). The molecule has 1 aromatic heterocycles. The van der Waals surface area contributed by atoms with Gasteiger partial charge in [-0.05, 0) is 49.7 Å². The highest BCUT2D eigenvalue weighted by Gasteiger charge is 2.24. The van der Waals surface area contributed by atoms with E-state index in [2.05, 4.69) is 10.6 Å². The molecule has 4 N–H and O–H groups in total. The Bertz CT molecular complexity index is 998. The van der Waals surface area contributed by atoms with E-state index in [1.54, 1.807) is 24.0 Å². The number of primary amides is 1. The molecule has 2 heterocycles. The maximum atomic E-state index is 12.6. The van der Waals surface area contributed by atoms with Crippen molar-refractivity contribution in [1.82, 2.24) is 5.32 Å². The molecule has 1 fully saturated rings. The van der Waals surface area contributed by atoms with Gasteiger partial charge in [-0.2, -0.15) is 0 Å². The van der Waals surface area contributed by atoms with Crippen LogP contribution in [0.4, 0.5) is 16.2 Å². The molecule has 2 atom stereocenters. The van der Waals surface area contributed by atoms with Crippen molar-refractivity contribution >= 4 is 52.2 Å². The molecule has 11 heteroatoms. The number of nitrogens with two attached hydrogens (primary N) is 1. The number of nitrogens with zero attached hydrogens (tertiary/aromatic N) is 1. The van der Waals surface area contributed by atoms with Gasteiger partial charge in [0.15, 0.2) is 0 Å². The first kappa shape index (κ1) is 23.8. The number of aryl methyl sites for hydroxylation is 1. The summed E-state index contributed by atoms with van der Waals surface area (Å²) in [5.41, 5.74) is 7.68. The first-order valence-electron chi connectivity index (χ1n) is 9.99. The second kappa shape index (κ2) is 10.7. The van der Waals surface area contributed by atoms with Crippen molar-refractivity contribution in [3.05, 3.63) is 45.1 Å². The Kier molecular flexibility index (Phi) is 7.94. The van der Waals surface area contributed by atoms with Crippen molar-refractivity contribution in [2.45, 2.75) is 26.0 Å². The minimum absolute atomic E-state index is 0.0751. The largest absolute Gasteiger partial charge is 0.444 e. The standard InChI is InChI=1S/C21H25ClN4O5S/c1-12-9-14(3-4-16(12)26-7-8-30-11-19(26)27)24-10-15(13(2)31-21(23)29)25-20(28)17-5-6-18(22)32-17/h3-6,9,13,15,24H,7-8,10-11H2,1-2H3,(H2,23,29)(H,25,28)/t13-,15-/m1/s1. The number of nitrogens with one attached hydrogen (secondary N) is 2. The lowest BCUT2D eigenvalue weighted by Gasteiger charge is -2.29. The Morgan fingerprint density at radius 2 is 2.12 bits per heavy atom. The monoisotopic (exact) mass is 480 g/mol. The maximum absolute atomic E-state index is 12.6. The van der Waals surface area contributed by atoms with E-state index in [0.29, 0.717) is 22.4 Å². The normalized spacial score (nSPS) is 15.7. The van der Waals surface area contributed by atoms with Crippen LogP contribution in [0.1, 0.15) is 22.2 Å². The van der Waals surface area contributed by atoms with E-state index in [9.17, 15) is 14.4 Å². The third-order valence-corrected chi connectivity index (χ3v) is 6.21. The summed E-state index contributed by atoms with van der Waals surface area (Å²) >= 11 is 7.07. The lowest BCUT2D eigenvalue weighted by molar-refractivity contribution is -0.125. The van der Waals surface area contributed by atoms with E-state index in [4.69, 9.17) is 26.8 Å². The molecule has 1 saturated heterocycles.